The molecule has 96 valence electrons. The third kappa shape index (κ3) is 3.09. The number of para-hydroxylation sites is 1. The number of nitro benzene ring substituents is 1. The van der Waals surface area contributed by atoms with Crippen molar-refractivity contribution in [2.45, 2.75) is 6.42 Å². The Balaban J connectivity index is 2.12. The number of hydrogen-bond acceptors (Lipinski definition) is 5. The highest BCUT2D eigenvalue weighted by Gasteiger charge is 2.18. The van der Waals surface area contributed by atoms with E-state index < -0.39 is 4.92 Å². The monoisotopic (exact) mass is 273 g/mol. The largest absolute Gasteiger partial charge is 0.379 e. The van der Waals surface area contributed by atoms with Gasteiger partial charge in [0.1, 0.15) is 17.3 Å². The molecule has 0 amide bonds. The summed E-state index contributed by atoms with van der Waals surface area (Å²) in [6.45, 7) is 0.593. The minimum Gasteiger partial charge on any atom is -0.379 e. The predicted octanol–water partition coefficient (Wildman–Crippen LogP) is 3.18. The van der Waals surface area contributed by atoms with Crippen LogP contribution >= 0.6 is 11.3 Å². The Morgan fingerprint density at radius 2 is 2.21 bits per heavy atom. The van der Waals surface area contributed by atoms with Crippen molar-refractivity contribution in [3.8, 4) is 6.07 Å². The molecule has 2 rings (SSSR count). The fraction of sp³-hybridized carbons (Fsp3) is 0.154. The van der Waals surface area contributed by atoms with E-state index in [4.69, 9.17) is 5.26 Å². The van der Waals surface area contributed by atoms with Crippen molar-refractivity contribution in [1.82, 2.24) is 0 Å². The number of rotatable bonds is 5. The first-order valence-electron chi connectivity index (χ1n) is 5.66. The highest BCUT2D eigenvalue weighted by molar-refractivity contribution is 7.09. The summed E-state index contributed by atoms with van der Waals surface area (Å²) in [4.78, 5) is 11.7. The Bertz CT molecular complexity index is 617. The van der Waals surface area contributed by atoms with Crippen LogP contribution in [0.5, 0.6) is 0 Å². The van der Waals surface area contributed by atoms with Gasteiger partial charge in [0.2, 0.25) is 0 Å². The Morgan fingerprint density at radius 3 is 2.84 bits per heavy atom. The number of thiophene rings is 1. The zero-order chi connectivity index (χ0) is 13.7. The van der Waals surface area contributed by atoms with Crippen molar-refractivity contribution in [3.05, 3.63) is 56.3 Å². The lowest BCUT2D eigenvalue weighted by atomic mass is 10.1. The van der Waals surface area contributed by atoms with E-state index in [1.165, 1.54) is 10.9 Å². The first-order valence-corrected chi connectivity index (χ1v) is 6.54. The zero-order valence-corrected chi connectivity index (χ0v) is 10.8. The lowest BCUT2D eigenvalue weighted by Gasteiger charge is -2.06. The summed E-state index contributed by atoms with van der Waals surface area (Å²) in [6, 6.07) is 10.5. The minimum absolute atomic E-state index is 0.0751. The molecule has 2 aromatic rings. The lowest BCUT2D eigenvalue weighted by Crippen LogP contribution is -2.07. The fourth-order valence-corrected chi connectivity index (χ4v) is 2.46. The van der Waals surface area contributed by atoms with Crippen molar-refractivity contribution >= 4 is 22.7 Å². The number of hydrogen-bond donors (Lipinski definition) is 1. The summed E-state index contributed by atoms with van der Waals surface area (Å²) in [5.74, 6) is 0. The smallest absolute Gasteiger partial charge is 0.309 e. The van der Waals surface area contributed by atoms with Crippen LogP contribution in [0.2, 0.25) is 0 Å². The summed E-state index contributed by atoms with van der Waals surface area (Å²) in [7, 11) is 0. The van der Waals surface area contributed by atoms with Gasteiger partial charge in [-0.1, -0.05) is 12.1 Å². The molecule has 19 heavy (non-hydrogen) atoms. The van der Waals surface area contributed by atoms with Gasteiger partial charge in [0.15, 0.2) is 0 Å². The van der Waals surface area contributed by atoms with E-state index in [0.29, 0.717) is 12.2 Å². The summed E-state index contributed by atoms with van der Waals surface area (Å²) >= 11 is 1.65. The van der Waals surface area contributed by atoms with E-state index in [0.717, 1.165) is 6.42 Å². The Labute approximate surface area is 114 Å². The molecule has 0 aliphatic carbocycles. The molecule has 1 aromatic heterocycles. The van der Waals surface area contributed by atoms with E-state index in [9.17, 15) is 10.1 Å². The highest BCUT2D eigenvalue weighted by Crippen LogP contribution is 2.27. The Morgan fingerprint density at radius 1 is 1.37 bits per heavy atom. The number of anilines is 1. The maximum absolute atomic E-state index is 11.0. The van der Waals surface area contributed by atoms with E-state index in [2.05, 4.69) is 5.32 Å². The topological polar surface area (TPSA) is 79.0 Å². The van der Waals surface area contributed by atoms with E-state index in [-0.39, 0.29) is 11.3 Å². The van der Waals surface area contributed by atoms with Crippen LogP contribution in [0.3, 0.4) is 0 Å². The van der Waals surface area contributed by atoms with Gasteiger partial charge >= 0.3 is 5.69 Å². The maximum atomic E-state index is 11.0. The van der Waals surface area contributed by atoms with Gasteiger partial charge in [-0.2, -0.15) is 5.26 Å². The molecule has 0 bridgehead atoms. The molecule has 0 aliphatic heterocycles. The van der Waals surface area contributed by atoms with Gasteiger partial charge in [-0.15, -0.1) is 11.3 Å². The third-order valence-electron chi connectivity index (χ3n) is 2.61. The van der Waals surface area contributed by atoms with Crippen LogP contribution in [0.4, 0.5) is 11.4 Å². The second kappa shape index (κ2) is 5.98. The van der Waals surface area contributed by atoms with Gasteiger partial charge in [-0.05, 0) is 30.0 Å². The van der Waals surface area contributed by atoms with Crippen LogP contribution in [-0.2, 0) is 6.42 Å². The molecular weight excluding hydrogens is 262 g/mol. The van der Waals surface area contributed by atoms with Crippen LogP contribution in [0.25, 0.3) is 0 Å². The van der Waals surface area contributed by atoms with Gasteiger partial charge in [-0.3, -0.25) is 10.1 Å². The first kappa shape index (κ1) is 13.1. The van der Waals surface area contributed by atoms with Crippen molar-refractivity contribution in [3.63, 3.8) is 0 Å². The number of benzene rings is 1. The predicted molar refractivity (Wildman–Crippen MR) is 74.3 cm³/mol. The van der Waals surface area contributed by atoms with Crippen LogP contribution in [0, 0.1) is 21.4 Å². The lowest BCUT2D eigenvalue weighted by molar-refractivity contribution is -0.384. The molecule has 0 spiro atoms. The molecule has 0 radical (unpaired) electrons. The summed E-state index contributed by atoms with van der Waals surface area (Å²) in [6.07, 6.45) is 0.797. The molecule has 0 saturated heterocycles. The molecule has 0 saturated carbocycles. The van der Waals surface area contributed by atoms with E-state index in [1.807, 2.05) is 23.6 Å². The quantitative estimate of drug-likeness (QED) is 0.670. The van der Waals surface area contributed by atoms with Gasteiger partial charge in [0, 0.05) is 11.4 Å². The van der Waals surface area contributed by atoms with Crippen LogP contribution in [0.15, 0.2) is 35.7 Å². The van der Waals surface area contributed by atoms with Gasteiger partial charge in [0.05, 0.1) is 4.92 Å². The van der Waals surface area contributed by atoms with Gasteiger partial charge in [-0.25, -0.2) is 0 Å². The van der Waals surface area contributed by atoms with Crippen molar-refractivity contribution in [2.75, 3.05) is 11.9 Å². The van der Waals surface area contributed by atoms with E-state index in [1.54, 1.807) is 23.5 Å². The number of nitriles is 1. The molecule has 0 unspecified atom stereocenters. The molecule has 1 N–H and O–H groups in total. The maximum Gasteiger partial charge on any atom is 0.309 e. The minimum atomic E-state index is -0.522. The molecular formula is C13H11N3O2S. The first-order chi connectivity index (χ1) is 9.22. The average Bonchev–Trinajstić information content (AvgIpc) is 2.91. The second-order valence-corrected chi connectivity index (χ2v) is 4.86. The molecule has 0 fully saturated rings. The van der Waals surface area contributed by atoms with Crippen LogP contribution < -0.4 is 5.32 Å². The SMILES string of the molecule is N#Cc1cccc(NCCc2cccs2)c1[N+](=O)[O-]. The third-order valence-corrected chi connectivity index (χ3v) is 3.54. The van der Waals surface area contributed by atoms with Crippen molar-refractivity contribution in [1.29, 1.82) is 5.26 Å². The standard InChI is InChI=1S/C13H11N3O2S/c14-9-10-3-1-5-12(13(10)16(17)18)15-7-6-11-4-2-8-19-11/h1-5,8,15H,6-7H2. The average molecular weight is 273 g/mol. The molecule has 0 aliphatic rings. The van der Waals surface area contributed by atoms with Gasteiger partial charge in [0.25, 0.3) is 0 Å². The number of nitrogens with zero attached hydrogens (tertiary/aromatic N) is 2. The Hall–Kier alpha value is -2.39. The Kier molecular flexibility index (Phi) is 4.11. The molecule has 1 aromatic carbocycles. The molecule has 6 heteroatoms. The second-order valence-electron chi connectivity index (χ2n) is 3.83. The number of nitrogens with one attached hydrogen (secondary N) is 1. The van der Waals surface area contributed by atoms with Crippen molar-refractivity contribution in [2.24, 2.45) is 0 Å². The molecule has 1 heterocycles. The summed E-state index contributed by atoms with van der Waals surface area (Å²) in [5, 5.41) is 24.9. The van der Waals surface area contributed by atoms with Gasteiger partial charge < -0.3 is 5.32 Å². The molecule has 0 atom stereocenters. The zero-order valence-electron chi connectivity index (χ0n) is 10.00. The van der Waals surface area contributed by atoms with Crippen LogP contribution in [-0.4, -0.2) is 11.5 Å². The number of nitro groups is 1. The van der Waals surface area contributed by atoms with E-state index >= 15 is 0 Å². The molecule has 5 nitrogen and oxygen atoms in total. The fourth-order valence-electron chi connectivity index (χ4n) is 1.75. The summed E-state index contributed by atoms with van der Waals surface area (Å²) in [5.41, 5.74) is 0.308. The van der Waals surface area contributed by atoms with Crippen molar-refractivity contribution < 1.29 is 4.92 Å². The van der Waals surface area contributed by atoms with Crippen LogP contribution in [0.1, 0.15) is 10.4 Å². The summed E-state index contributed by atoms with van der Waals surface area (Å²) < 4.78 is 0. The normalized spacial score (nSPS) is 9.84. The highest BCUT2D eigenvalue weighted by atomic mass is 32.1.